The first-order valence-corrected chi connectivity index (χ1v) is 13.9. The minimum Gasteiger partial charge on any atom is -0.478 e. The number of esters is 2. The zero-order chi connectivity index (χ0) is 28.7. The number of halogens is 12. The molecule has 4 bridgehead atoms. The maximum absolute atomic E-state index is 13.7. The Hall–Kier alpha value is 1.04. The molecular formula is C18H6Cl12O7. The summed E-state index contributed by atoms with van der Waals surface area (Å²) in [4.78, 5) is 47.1. The molecule has 4 aliphatic rings. The quantitative estimate of drug-likeness (QED) is 0.187. The third-order valence-corrected chi connectivity index (χ3v) is 15.6. The van der Waals surface area contributed by atoms with Crippen LogP contribution < -0.4 is 0 Å². The first-order chi connectivity index (χ1) is 16.4. The van der Waals surface area contributed by atoms with Gasteiger partial charge in [-0.25, -0.2) is 9.59 Å². The summed E-state index contributed by atoms with van der Waals surface area (Å²) in [7, 11) is 0. The second-order valence-corrected chi connectivity index (χ2v) is 16.1. The van der Waals surface area contributed by atoms with E-state index < -0.39 is 95.8 Å². The summed E-state index contributed by atoms with van der Waals surface area (Å²) in [5.74, 6) is -7.22. The van der Waals surface area contributed by atoms with Crippen LogP contribution in [-0.4, -0.2) is 61.2 Å². The van der Waals surface area contributed by atoms with Crippen LogP contribution in [0.1, 0.15) is 12.8 Å². The number of allylic oxidation sites excluding steroid dienone is 2. The molecule has 0 aromatic carbocycles. The lowest BCUT2D eigenvalue weighted by Crippen LogP contribution is -2.59. The standard InChI is InChI=1S/C18H6Cl12O7/c19-5-3(7(31)32)11(1-13(5,21)17(27,28)15(11,23)24)9(35)37-10(36)12-2-14(22,6(20)4(12)8(33)34)18(29,30)16(12,25)26/h1-2H2,(H,31,32)(H,33,34). The summed E-state index contributed by atoms with van der Waals surface area (Å²) >= 11 is 75.7. The van der Waals surface area contributed by atoms with Crippen LogP contribution in [0, 0.1) is 10.8 Å². The van der Waals surface area contributed by atoms with Crippen molar-refractivity contribution in [2.24, 2.45) is 10.8 Å². The highest BCUT2D eigenvalue weighted by molar-refractivity contribution is 6.70. The van der Waals surface area contributed by atoms with Gasteiger partial charge >= 0.3 is 23.9 Å². The Morgan fingerprint density at radius 1 is 0.568 bits per heavy atom. The minimum atomic E-state index is -2.77. The van der Waals surface area contributed by atoms with E-state index in [0.717, 1.165) is 0 Å². The maximum atomic E-state index is 13.7. The zero-order valence-corrected chi connectivity index (χ0v) is 26.0. The van der Waals surface area contributed by atoms with Gasteiger partial charge in [0.05, 0.1) is 21.2 Å². The number of hydrogen-bond acceptors (Lipinski definition) is 5. The van der Waals surface area contributed by atoms with Gasteiger partial charge in [-0.15, -0.1) is 23.2 Å². The molecule has 2 fully saturated rings. The molecule has 4 atom stereocenters. The van der Waals surface area contributed by atoms with E-state index in [-0.39, 0.29) is 0 Å². The molecule has 0 radical (unpaired) electrons. The Labute approximate surface area is 267 Å². The number of carboxylic acids is 2. The Morgan fingerprint density at radius 3 is 1.08 bits per heavy atom. The van der Waals surface area contributed by atoms with Crippen molar-refractivity contribution < 1.29 is 34.1 Å². The molecule has 0 amide bonds. The Bertz CT molecular complexity index is 1190. The fourth-order valence-corrected chi connectivity index (χ4v) is 10.4. The van der Waals surface area contributed by atoms with Crippen LogP contribution in [0.4, 0.5) is 0 Å². The maximum Gasteiger partial charge on any atom is 0.334 e. The highest BCUT2D eigenvalue weighted by atomic mass is 35.6. The molecule has 0 heterocycles. The van der Waals surface area contributed by atoms with Crippen molar-refractivity contribution in [2.75, 3.05) is 0 Å². The van der Waals surface area contributed by atoms with Crippen molar-refractivity contribution in [1.29, 1.82) is 0 Å². The van der Waals surface area contributed by atoms with Crippen LogP contribution in [-0.2, 0) is 23.9 Å². The number of fused-ring (bicyclic) bond motifs is 4. The van der Waals surface area contributed by atoms with Gasteiger partial charge in [0, 0.05) is 0 Å². The van der Waals surface area contributed by atoms with E-state index in [4.69, 9.17) is 144 Å². The Kier molecular flexibility index (Phi) is 6.97. The van der Waals surface area contributed by atoms with Crippen LogP contribution in [0.2, 0.25) is 0 Å². The number of alkyl halides is 10. The molecule has 19 heteroatoms. The van der Waals surface area contributed by atoms with Crippen LogP contribution in [0.15, 0.2) is 21.2 Å². The zero-order valence-electron chi connectivity index (χ0n) is 16.9. The molecule has 37 heavy (non-hydrogen) atoms. The van der Waals surface area contributed by atoms with E-state index in [9.17, 15) is 29.4 Å². The number of carbonyl (C=O) groups is 4. The van der Waals surface area contributed by atoms with E-state index in [2.05, 4.69) is 0 Å². The van der Waals surface area contributed by atoms with Crippen molar-refractivity contribution in [3.63, 3.8) is 0 Å². The number of hydrogen-bond donors (Lipinski definition) is 2. The van der Waals surface area contributed by atoms with E-state index in [0.29, 0.717) is 0 Å². The fourth-order valence-electron chi connectivity index (χ4n) is 5.32. The summed E-state index contributed by atoms with van der Waals surface area (Å²) in [5.41, 5.74) is -7.46. The first kappa shape index (κ1) is 31.0. The predicted octanol–water partition coefficient (Wildman–Crippen LogP) is 6.67. The number of aliphatic carboxylic acids is 2. The third kappa shape index (κ3) is 3.00. The normalized spacial score (nSPS) is 39.8. The molecule has 2 saturated carbocycles. The molecule has 4 aliphatic carbocycles. The van der Waals surface area contributed by atoms with Gasteiger partial charge in [-0.1, -0.05) is 116 Å². The molecule has 0 saturated heterocycles. The summed E-state index contributed by atoms with van der Waals surface area (Å²) < 4.78 is -5.56. The average molecular weight is 760 g/mol. The minimum absolute atomic E-state index is 0.702. The number of carbonyl (C=O) groups excluding carboxylic acids is 2. The second-order valence-electron chi connectivity index (χ2n) is 8.73. The summed E-state index contributed by atoms with van der Waals surface area (Å²) in [6.45, 7) is 0. The van der Waals surface area contributed by atoms with Gasteiger partial charge in [-0.05, 0) is 12.8 Å². The van der Waals surface area contributed by atoms with Crippen molar-refractivity contribution >= 4 is 163 Å². The van der Waals surface area contributed by atoms with Gasteiger partial charge in [0.2, 0.25) is 0 Å². The number of rotatable bonds is 4. The van der Waals surface area contributed by atoms with Gasteiger partial charge < -0.3 is 14.9 Å². The number of ether oxygens (including phenoxy) is 1. The Balaban J connectivity index is 1.90. The molecule has 4 unspecified atom stereocenters. The highest BCUT2D eigenvalue weighted by Gasteiger charge is 2.89. The molecule has 2 N–H and O–H groups in total. The van der Waals surface area contributed by atoms with Crippen LogP contribution in [0.5, 0.6) is 0 Å². The van der Waals surface area contributed by atoms with Gasteiger partial charge in [0.25, 0.3) is 0 Å². The van der Waals surface area contributed by atoms with E-state index >= 15 is 0 Å². The van der Waals surface area contributed by atoms with Crippen molar-refractivity contribution in [1.82, 2.24) is 0 Å². The fraction of sp³-hybridized carbons (Fsp3) is 0.556. The van der Waals surface area contributed by atoms with Crippen LogP contribution >= 0.6 is 139 Å². The van der Waals surface area contributed by atoms with Crippen LogP contribution in [0.3, 0.4) is 0 Å². The lowest BCUT2D eigenvalue weighted by Gasteiger charge is -2.45. The summed E-state index contributed by atoms with van der Waals surface area (Å²) in [5, 5.41) is 18.2. The summed E-state index contributed by atoms with van der Waals surface area (Å²) in [6.07, 6.45) is -1.68. The predicted molar refractivity (Wildman–Crippen MR) is 141 cm³/mol. The van der Waals surface area contributed by atoms with E-state index in [1.54, 1.807) is 0 Å². The molecule has 0 spiro atoms. The molecule has 0 aromatic heterocycles. The van der Waals surface area contributed by atoms with E-state index in [1.165, 1.54) is 0 Å². The smallest absolute Gasteiger partial charge is 0.334 e. The monoisotopic (exact) mass is 754 g/mol. The third-order valence-electron chi connectivity index (χ3n) is 7.17. The molecule has 0 aliphatic heterocycles. The second kappa shape index (κ2) is 8.32. The summed E-state index contributed by atoms with van der Waals surface area (Å²) in [6, 6.07) is 0. The van der Waals surface area contributed by atoms with Gasteiger partial charge in [0.15, 0.2) is 17.3 Å². The lowest BCUT2D eigenvalue weighted by atomic mass is 9.77. The molecule has 0 aromatic rings. The molecule has 4 rings (SSSR count). The topological polar surface area (TPSA) is 118 Å². The van der Waals surface area contributed by atoms with Crippen LogP contribution in [0.25, 0.3) is 0 Å². The van der Waals surface area contributed by atoms with E-state index in [1.807, 2.05) is 0 Å². The number of carboxylic acid groups (broad SMARTS) is 2. The van der Waals surface area contributed by atoms with Gasteiger partial charge in [-0.3, -0.25) is 9.59 Å². The molecule has 204 valence electrons. The first-order valence-electron chi connectivity index (χ1n) is 9.35. The Morgan fingerprint density at radius 2 is 0.838 bits per heavy atom. The molecule has 7 nitrogen and oxygen atoms in total. The van der Waals surface area contributed by atoms with Gasteiger partial charge in [0.1, 0.15) is 20.6 Å². The average Bonchev–Trinajstić information content (AvgIpc) is 3.24. The lowest BCUT2D eigenvalue weighted by molar-refractivity contribution is -0.173. The van der Waals surface area contributed by atoms with Crippen molar-refractivity contribution in [3.8, 4) is 0 Å². The van der Waals surface area contributed by atoms with Crippen molar-refractivity contribution in [3.05, 3.63) is 21.2 Å². The SMILES string of the molecule is O=C(O)C1=C(Cl)C2(Cl)CC1(C(=O)OC(=O)C13CC(Cl)(C(Cl)=C1C(=O)O)C(Cl)(Cl)C3(Cl)Cl)C(Cl)(Cl)C2(Cl)Cl. The van der Waals surface area contributed by atoms with Gasteiger partial charge in [-0.2, -0.15) is 0 Å². The van der Waals surface area contributed by atoms with Crippen molar-refractivity contribution in [2.45, 2.75) is 39.9 Å². The largest absolute Gasteiger partial charge is 0.478 e. The highest BCUT2D eigenvalue weighted by Crippen LogP contribution is 2.80. The molecular weight excluding hydrogens is 754 g/mol.